The van der Waals surface area contributed by atoms with Crippen LogP contribution in [0.15, 0.2) is 18.2 Å². The molecule has 1 aliphatic carbocycles. The number of carbonyl (C=O) groups excluding carboxylic acids is 2. The van der Waals surface area contributed by atoms with E-state index >= 15 is 0 Å². The van der Waals surface area contributed by atoms with Crippen LogP contribution in [0.3, 0.4) is 0 Å². The number of ether oxygens (including phenoxy) is 1. The van der Waals surface area contributed by atoms with E-state index in [0.29, 0.717) is 25.4 Å². The molecule has 0 unspecified atom stereocenters. The summed E-state index contributed by atoms with van der Waals surface area (Å²) in [7, 11) is 0. The Balaban J connectivity index is 1.24. The van der Waals surface area contributed by atoms with Crippen molar-refractivity contribution in [3.8, 4) is 5.75 Å². The molecule has 31 heavy (non-hydrogen) atoms. The topological polar surface area (TPSA) is 90.9 Å². The summed E-state index contributed by atoms with van der Waals surface area (Å²) in [6.45, 7) is 7.31. The van der Waals surface area contributed by atoms with Crippen LogP contribution in [0.25, 0.3) is 0 Å². The zero-order valence-corrected chi connectivity index (χ0v) is 18.4. The number of fused-ring (bicyclic) bond motifs is 1. The summed E-state index contributed by atoms with van der Waals surface area (Å²) in [4.78, 5) is 27.5. The zero-order valence-electron chi connectivity index (χ0n) is 18.4. The maximum Gasteiger partial charge on any atom is 0.248 e. The summed E-state index contributed by atoms with van der Waals surface area (Å²) in [5.41, 5.74) is 4.57. The van der Waals surface area contributed by atoms with Crippen LogP contribution in [-0.2, 0) is 15.0 Å². The number of likely N-dealkylation sites (tertiary alicyclic amines) is 1. The molecule has 2 atom stereocenters. The molecule has 3 N–H and O–H groups in total. The molecule has 1 aromatic carbocycles. The molecule has 1 spiro atoms. The first-order chi connectivity index (χ1) is 14.8. The third-order valence-electron chi connectivity index (χ3n) is 8.02. The predicted molar refractivity (Wildman–Crippen MR) is 115 cm³/mol. The van der Waals surface area contributed by atoms with E-state index in [1.807, 2.05) is 4.90 Å². The van der Waals surface area contributed by atoms with Gasteiger partial charge in [0, 0.05) is 30.6 Å². The van der Waals surface area contributed by atoms with Gasteiger partial charge in [-0.15, -0.1) is 0 Å². The highest BCUT2D eigenvalue weighted by molar-refractivity contribution is 5.90. The van der Waals surface area contributed by atoms with Gasteiger partial charge in [-0.3, -0.25) is 14.8 Å². The molecule has 1 aromatic rings. The van der Waals surface area contributed by atoms with Crippen molar-refractivity contribution in [2.75, 3.05) is 26.2 Å². The standard InChI is InChI=1S/C24H33N3O4/c1-23(2)14-31-19-4-3-16(11-18(19)23)15-5-9-27(10-6-15)22(29)20-17(21(28)26-30)12-24(7-8-24)13-25-20/h3-4,11,15,17,20,25,30H,5-10,12-14H2,1-2H3,(H,26,28)/t17-,20-/m0/s1. The molecular formula is C24H33N3O4. The normalized spacial score (nSPS) is 28.7. The lowest BCUT2D eigenvalue weighted by Gasteiger charge is -2.40. The second kappa shape index (κ2) is 7.48. The van der Waals surface area contributed by atoms with Crippen LogP contribution in [-0.4, -0.2) is 54.2 Å². The molecule has 1 saturated carbocycles. The first-order valence-electron chi connectivity index (χ1n) is 11.6. The smallest absolute Gasteiger partial charge is 0.248 e. The zero-order chi connectivity index (χ0) is 21.8. The number of hydrogen-bond donors (Lipinski definition) is 3. The first-order valence-corrected chi connectivity index (χ1v) is 11.6. The number of benzene rings is 1. The second-order valence-corrected chi connectivity index (χ2v) is 10.7. The Morgan fingerprint density at radius 1 is 1.23 bits per heavy atom. The lowest BCUT2D eigenvalue weighted by molar-refractivity contribution is -0.145. The molecule has 2 amide bonds. The summed E-state index contributed by atoms with van der Waals surface area (Å²) >= 11 is 0. The van der Waals surface area contributed by atoms with E-state index in [1.165, 1.54) is 11.1 Å². The van der Waals surface area contributed by atoms with Crippen LogP contribution in [0.4, 0.5) is 0 Å². The van der Waals surface area contributed by atoms with Crippen molar-refractivity contribution in [3.63, 3.8) is 0 Å². The van der Waals surface area contributed by atoms with Crippen molar-refractivity contribution in [2.45, 2.75) is 63.3 Å². The Morgan fingerprint density at radius 2 is 1.97 bits per heavy atom. The summed E-state index contributed by atoms with van der Waals surface area (Å²) < 4.78 is 5.82. The molecule has 0 aromatic heterocycles. The molecule has 5 rings (SSSR count). The Kier molecular flexibility index (Phi) is 5.01. The van der Waals surface area contributed by atoms with Crippen molar-refractivity contribution in [2.24, 2.45) is 11.3 Å². The SMILES string of the molecule is CC1(C)COc2ccc(C3CCN(C(=O)[C@H]4NCC5(CC5)C[C@@H]4C(=O)NO)CC3)cc21. The Hall–Kier alpha value is -2.12. The van der Waals surface area contributed by atoms with Crippen LogP contribution < -0.4 is 15.5 Å². The summed E-state index contributed by atoms with van der Waals surface area (Å²) in [6.07, 6.45) is 4.68. The lowest BCUT2D eigenvalue weighted by Crippen LogP contribution is -2.59. The molecule has 0 bridgehead atoms. The number of piperidine rings is 2. The van der Waals surface area contributed by atoms with Gasteiger partial charge in [0.15, 0.2) is 0 Å². The van der Waals surface area contributed by atoms with E-state index in [-0.39, 0.29) is 16.7 Å². The first kappa shape index (κ1) is 20.8. The van der Waals surface area contributed by atoms with Crippen molar-refractivity contribution in [1.29, 1.82) is 0 Å². The predicted octanol–water partition coefficient (Wildman–Crippen LogP) is 2.33. The van der Waals surface area contributed by atoms with Crippen LogP contribution in [0.2, 0.25) is 0 Å². The molecule has 3 heterocycles. The number of rotatable bonds is 3. The fourth-order valence-electron chi connectivity index (χ4n) is 5.69. The minimum Gasteiger partial charge on any atom is -0.492 e. The Labute approximate surface area is 183 Å². The molecule has 3 fully saturated rings. The fourth-order valence-corrected chi connectivity index (χ4v) is 5.69. The lowest BCUT2D eigenvalue weighted by atomic mass is 9.80. The van der Waals surface area contributed by atoms with Gasteiger partial charge in [0.1, 0.15) is 5.75 Å². The Bertz CT molecular complexity index is 887. The van der Waals surface area contributed by atoms with Gasteiger partial charge in [-0.25, -0.2) is 5.48 Å². The van der Waals surface area contributed by atoms with E-state index in [0.717, 1.165) is 44.6 Å². The maximum absolute atomic E-state index is 13.3. The molecule has 3 aliphatic heterocycles. The summed E-state index contributed by atoms with van der Waals surface area (Å²) in [5, 5.41) is 12.5. The van der Waals surface area contributed by atoms with Crippen molar-refractivity contribution >= 4 is 11.8 Å². The van der Waals surface area contributed by atoms with Crippen molar-refractivity contribution in [1.82, 2.24) is 15.7 Å². The fraction of sp³-hybridized carbons (Fsp3) is 0.667. The monoisotopic (exact) mass is 427 g/mol. The summed E-state index contributed by atoms with van der Waals surface area (Å²) in [5.74, 6) is 0.453. The van der Waals surface area contributed by atoms with Crippen LogP contribution in [0.1, 0.15) is 63.0 Å². The average molecular weight is 428 g/mol. The van der Waals surface area contributed by atoms with Gasteiger partial charge in [-0.2, -0.15) is 0 Å². The quantitative estimate of drug-likeness (QED) is 0.509. The van der Waals surface area contributed by atoms with Crippen molar-refractivity contribution in [3.05, 3.63) is 29.3 Å². The molecular weight excluding hydrogens is 394 g/mol. The molecule has 168 valence electrons. The van der Waals surface area contributed by atoms with Gasteiger partial charge in [0.2, 0.25) is 11.8 Å². The van der Waals surface area contributed by atoms with Gasteiger partial charge in [0.25, 0.3) is 0 Å². The summed E-state index contributed by atoms with van der Waals surface area (Å²) in [6, 6.07) is 6.01. The molecule has 0 radical (unpaired) electrons. The Morgan fingerprint density at radius 3 is 2.65 bits per heavy atom. The minimum atomic E-state index is -0.548. The van der Waals surface area contributed by atoms with E-state index in [4.69, 9.17) is 4.74 Å². The number of amides is 2. The minimum absolute atomic E-state index is 0.00830. The van der Waals surface area contributed by atoms with Crippen LogP contribution >= 0.6 is 0 Å². The van der Waals surface area contributed by atoms with E-state index in [9.17, 15) is 14.8 Å². The molecule has 7 nitrogen and oxygen atoms in total. The van der Waals surface area contributed by atoms with Crippen molar-refractivity contribution < 1.29 is 19.5 Å². The second-order valence-electron chi connectivity index (χ2n) is 10.7. The molecule has 2 saturated heterocycles. The van der Waals surface area contributed by atoms with E-state index in [1.54, 1.807) is 5.48 Å². The van der Waals surface area contributed by atoms with Crippen LogP contribution in [0.5, 0.6) is 5.75 Å². The number of hydroxylamine groups is 1. The van der Waals surface area contributed by atoms with Gasteiger partial charge in [-0.1, -0.05) is 26.0 Å². The number of carbonyl (C=O) groups is 2. The van der Waals surface area contributed by atoms with Gasteiger partial charge in [-0.05, 0) is 55.1 Å². The van der Waals surface area contributed by atoms with Gasteiger partial charge in [0.05, 0.1) is 18.6 Å². The van der Waals surface area contributed by atoms with Gasteiger partial charge >= 0.3 is 0 Å². The molecule has 4 aliphatic rings. The largest absolute Gasteiger partial charge is 0.492 e. The average Bonchev–Trinajstić information content (AvgIpc) is 3.47. The number of nitrogens with one attached hydrogen (secondary N) is 2. The highest BCUT2D eigenvalue weighted by atomic mass is 16.5. The van der Waals surface area contributed by atoms with Gasteiger partial charge < -0.3 is 15.0 Å². The van der Waals surface area contributed by atoms with E-state index < -0.39 is 17.9 Å². The third-order valence-corrected chi connectivity index (χ3v) is 8.02. The highest BCUT2D eigenvalue weighted by Gasteiger charge is 2.52. The highest BCUT2D eigenvalue weighted by Crippen LogP contribution is 2.52. The van der Waals surface area contributed by atoms with Crippen LogP contribution in [0, 0.1) is 11.3 Å². The number of nitrogens with zero attached hydrogens (tertiary/aromatic N) is 1. The number of hydrogen-bond acceptors (Lipinski definition) is 5. The maximum atomic E-state index is 13.3. The third kappa shape index (κ3) is 3.72. The van der Waals surface area contributed by atoms with E-state index in [2.05, 4.69) is 37.4 Å². The molecule has 7 heteroatoms.